The fraction of sp³-hybridized carbons (Fsp3) is 0.308. The van der Waals surface area contributed by atoms with Crippen molar-refractivity contribution < 1.29 is 4.39 Å². The van der Waals surface area contributed by atoms with Gasteiger partial charge in [-0.15, -0.1) is 0 Å². The summed E-state index contributed by atoms with van der Waals surface area (Å²) in [5.41, 5.74) is 6.78. The van der Waals surface area contributed by atoms with Crippen LogP contribution in [-0.2, 0) is 20.1 Å². The molecule has 1 aromatic carbocycles. The van der Waals surface area contributed by atoms with E-state index in [4.69, 9.17) is 5.73 Å². The minimum atomic E-state index is -0.262. The van der Waals surface area contributed by atoms with Gasteiger partial charge in [0.05, 0.1) is 6.54 Å². The molecule has 0 fully saturated rings. The van der Waals surface area contributed by atoms with E-state index in [1.54, 1.807) is 12.3 Å². The van der Waals surface area contributed by atoms with E-state index in [-0.39, 0.29) is 12.4 Å². The summed E-state index contributed by atoms with van der Waals surface area (Å²) >= 11 is 0. The SMILES string of the molecule is CN(Cc1nccn1C)c1ccc(CN)c(F)c1. The van der Waals surface area contributed by atoms with Crippen LogP contribution in [-0.4, -0.2) is 16.6 Å². The predicted molar refractivity (Wildman–Crippen MR) is 69.6 cm³/mol. The number of imidazole rings is 1. The van der Waals surface area contributed by atoms with E-state index in [1.165, 1.54) is 6.07 Å². The lowest BCUT2D eigenvalue weighted by Gasteiger charge is -2.19. The van der Waals surface area contributed by atoms with Gasteiger partial charge in [0, 0.05) is 44.3 Å². The molecule has 2 N–H and O–H groups in total. The summed E-state index contributed by atoms with van der Waals surface area (Å²) in [7, 11) is 3.85. The zero-order valence-electron chi connectivity index (χ0n) is 10.6. The van der Waals surface area contributed by atoms with Crippen LogP contribution >= 0.6 is 0 Å². The first kappa shape index (κ1) is 12.6. The van der Waals surface area contributed by atoms with Gasteiger partial charge >= 0.3 is 0 Å². The Morgan fingerprint density at radius 3 is 2.78 bits per heavy atom. The van der Waals surface area contributed by atoms with E-state index in [1.807, 2.05) is 35.8 Å². The Morgan fingerprint density at radius 2 is 2.22 bits per heavy atom. The van der Waals surface area contributed by atoms with Crippen molar-refractivity contribution in [1.82, 2.24) is 9.55 Å². The van der Waals surface area contributed by atoms with Crippen molar-refractivity contribution in [3.05, 3.63) is 47.8 Å². The number of halogens is 1. The summed E-state index contributed by atoms with van der Waals surface area (Å²) < 4.78 is 15.6. The molecule has 0 unspecified atom stereocenters. The Balaban J connectivity index is 2.16. The molecule has 0 saturated heterocycles. The van der Waals surface area contributed by atoms with E-state index in [0.717, 1.165) is 11.5 Å². The zero-order chi connectivity index (χ0) is 13.1. The zero-order valence-corrected chi connectivity index (χ0v) is 10.6. The maximum atomic E-state index is 13.6. The van der Waals surface area contributed by atoms with Gasteiger partial charge < -0.3 is 15.2 Å². The third-order valence-electron chi connectivity index (χ3n) is 3.00. The second-order valence-electron chi connectivity index (χ2n) is 4.29. The fourth-order valence-corrected chi connectivity index (χ4v) is 1.79. The molecule has 2 aromatic rings. The monoisotopic (exact) mass is 248 g/mol. The van der Waals surface area contributed by atoms with E-state index < -0.39 is 0 Å². The van der Waals surface area contributed by atoms with E-state index >= 15 is 0 Å². The highest BCUT2D eigenvalue weighted by molar-refractivity contribution is 5.47. The summed E-state index contributed by atoms with van der Waals surface area (Å²) in [6, 6.07) is 5.10. The minimum Gasteiger partial charge on any atom is -0.367 e. The van der Waals surface area contributed by atoms with Crippen LogP contribution in [0.1, 0.15) is 11.4 Å². The van der Waals surface area contributed by atoms with Gasteiger partial charge in [-0.3, -0.25) is 0 Å². The van der Waals surface area contributed by atoms with Crippen LogP contribution in [0, 0.1) is 5.82 Å². The van der Waals surface area contributed by atoms with E-state index in [0.29, 0.717) is 12.1 Å². The summed E-state index contributed by atoms with van der Waals surface area (Å²) in [6.07, 6.45) is 3.64. The maximum absolute atomic E-state index is 13.6. The standard InChI is InChI=1S/C13H17FN4/c1-17-6-5-16-13(17)9-18(2)11-4-3-10(8-15)12(14)7-11/h3-7H,8-9,15H2,1-2H3. The van der Waals surface area contributed by atoms with Gasteiger partial charge in [-0.25, -0.2) is 9.37 Å². The summed E-state index contributed by atoms with van der Waals surface area (Å²) in [6.45, 7) is 0.847. The minimum absolute atomic E-state index is 0.217. The molecule has 2 rings (SSSR count). The molecule has 0 aliphatic rings. The van der Waals surface area contributed by atoms with Crippen LogP contribution in [0.5, 0.6) is 0 Å². The first-order valence-corrected chi connectivity index (χ1v) is 5.77. The van der Waals surface area contributed by atoms with Crippen LogP contribution in [0.25, 0.3) is 0 Å². The van der Waals surface area contributed by atoms with Crippen molar-refractivity contribution in [2.24, 2.45) is 12.8 Å². The molecule has 0 radical (unpaired) electrons. The number of rotatable bonds is 4. The number of hydrogen-bond donors (Lipinski definition) is 1. The molecular formula is C13H17FN4. The third kappa shape index (κ3) is 2.51. The molecule has 4 nitrogen and oxygen atoms in total. The Hall–Kier alpha value is -1.88. The molecule has 96 valence electrons. The Morgan fingerprint density at radius 1 is 1.44 bits per heavy atom. The lowest BCUT2D eigenvalue weighted by molar-refractivity contribution is 0.609. The number of hydrogen-bond acceptors (Lipinski definition) is 3. The second kappa shape index (κ2) is 5.18. The van der Waals surface area contributed by atoms with Crippen molar-refractivity contribution in [3.8, 4) is 0 Å². The number of nitrogens with two attached hydrogens (primary N) is 1. The second-order valence-corrected chi connectivity index (χ2v) is 4.29. The Kier molecular flexibility index (Phi) is 3.62. The van der Waals surface area contributed by atoms with Crippen LogP contribution in [0.2, 0.25) is 0 Å². The average molecular weight is 248 g/mol. The van der Waals surface area contributed by atoms with Crippen LogP contribution in [0.15, 0.2) is 30.6 Å². The first-order valence-electron chi connectivity index (χ1n) is 5.77. The van der Waals surface area contributed by atoms with Gasteiger partial charge in [-0.05, 0) is 12.1 Å². The Bertz CT molecular complexity index is 536. The molecule has 0 bridgehead atoms. The molecule has 0 saturated carbocycles. The molecule has 5 heteroatoms. The van der Waals surface area contributed by atoms with Gasteiger partial charge in [0.1, 0.15) is 11.6 Å². The Labute approximate surface area is 106 Å². The van der Waals surface area contributed by atoms with E-state index in [9.17, 15) is 4.39 Å². The van der Waals surface area contributed by atoms with Gasteiger partial charge in [-0.1, -0.05) is 6.07 Å². The van der Waals surface area contributed by atoms with E-state index in [2.05, 4.69) is 4.98 Å². The molecule has 0 amide bonds. The molecule has 1 aromatic heterocycles. The summed E-state index contributed by atoms with van der Waals surface area (Å²) in [5, 5.41) is 0. The van der Waals surface area contributed by atoms with Crippen LogP contribution in [0.3, 0.4) is 0 Å². The molecule has 0 spiro atoms. The largest absolute Gasteiger partial charge is 0.367 e. The molecule has 18 heavy (non-hydrogen) atoms. The molecule has 0 aliphatic heterocycles. The molecule has 0 aliphatic carbocycles. The normalized spacial score (nSPS) is 10.7. The fourth-order valence-electron chi connectivity index (χ4n) is 1.79. The highest BCUT2D eigenvalue weighted by atomic mass is 19.1. The summed E-state index contributed by atoms with van der Waals surface area (Å²) in [4.78, 5) is 6.20. The average Bonchev–Trinajstić information content (AvgIpc) is 2.75. The third-order valence-corrected chi connectivity index (χ3v) is 3.00. The van der Waals surface area contributed by atoms with Crippen molar-refractivity contribution >= 4 is 5.69 Å². The predicted octanol–water partition coefficient (Wildman–Crippen LogP) is 1.65. The number of benzene rings is 1. The van der Waals surface area contributed by atoms with Crippen molar-refractivity contribution in [3.63, 3.8) is 0 Å². The number of nitrogens with zero attached hydrogens (tertiary/aromatic N) is 3. The highest BCUT2D eigenvalue weighted by Crippen LogP contribution is 2.18. The van der Waals surface area contributed by atoms with Gasteiger partial charge in [0.2, 0.25) is 0 Å². The van der Waals surface area contributed by atoms with Crippen molar-refractivity contribution in [2.75, 3.05) is 11.9 Å². The smallest absolute Gasteiger partial charge is 0.129 e. The molecule has 1 heterocycles. The lowest BCUT2D eigenvalue weighted by Crippen LogP contribution is -2.19. The van der Waals surface area contributed by atoms with Gasteiger partial charge in [0.15, 0.2) is 0 Å². The maximum Gasteiger partial charge on any atom is 0.129 e. The van der Waals surface area contributed by atoms with Crippen molar-refractivity contribution in [1.29, 1.82) is 0 Å². The van der Waals surface area contributed by atoms with Crippen LogP contribution in [0.4, 0.5) is 10.1 Å². The first-order chi connectivity index (χ1) is 8.61. The topological polar surface area (TPSA) is 47.1 Å². The van der Waals surface area contributed by atoms with Crippen LogP contribution < -0.4 is 10.6 Å². The quantitative estimate of drug-likeness (QED) is 0.895. The van der Waals surface area contributed by atoms with Gasteiger partial charge in [-0.2, -0.15) is 0 Å². The lowest BCUT2D eigenvalue weighted by atomic mass is 10.2. The highest BCUT2D eigenvalue weighted by Gasteiger charge is 2.08. The summed E-state index contributed by atoms with van der Waals surface area (Å²) in [5.74, 6) is 0.669. The van der Waals surface area contributed by atoms with Gasteiger partial charge in [0.25, 0.3) is 0 Å². The number of aromatic nitrogens is 2. The molecule has 0 atom stereocenters. The molecular weight excluding hydrogens is 231 g/mol. The van der Waals surface area contributed by atoms with Crippen molar-refractivity contribution in [2.45, 2.75) is 13.1 Å². The number of aryl methyl sites for hydroxylation is 1. The number of anilines is 1.